The SMILES string of the molecule is CCCCC(CC)CN1c2ccccc2Cc2cc(/C=C/c3ccc(Cc4c(F)c(F)c(-c5c(F)c(F)c(CC6=CC=CCC=C6)c(F)c5F)c(F)c4F)cc3)ccc21. The molecular formula is C50H43F8N. The summed E-state index contributed by atoms with van der Waals surface area (Å²) in [5, 5.41) is 0. The summed E-state index contributed by atoms with van der Waals surface area (Å²) < 4.78 is 123. The molecule has 0 amide bonds. The number of benzene rings is 5. The molecule has 59 heavy (non-hydrogen) atoms. The smallest absolute Gasteiger partial charge is 0.170 e. The van der Waals surface area contributed by atoms with Crippen LogP contribution < -0.4 is 4.90 Å². The molecule has 1 aliphatic heterocycles. The molecule has 1 atom stereocenters. The average molecular weight is 810 g/mol. The van der Waals surface area contributed by atoms with E-state index in [0.29, 0.717) is 17.9 Å². The third-order valence-corrected chi connectivity index (χ3v) is 11.3. The first-order valence-corrected chi connectivity index (χ1v) is 20.0. The van der Waals surface area contributed by atoms with Crippen molar-refractivity contribution < 1.29 is 35.1 Å². The maximum atomic E-state index is 15.5. The van der Waals surface area contributed by atoms with Crippen molar-refractivity contribution in [2.75, 3.05) is 11.4 Å². The average Bonchev–Trinajstić information content (AvgIpc) is 3.53. The van der Waals surface area contributed by atoms with Gasteiger partial charge >= 0.3 is 0 Å². The lowest BCUT2D eigenvalue weighted by Crippen LogP contribution is -2.29. The highest BCUT2D eigenvalue weighted by Gasteiger charge is 2.34. The number of anilines is 2. The van der Waals surface area contributed by atoms with E-state index in [0.717, 1.165) is 30.5 Å². The lowest BCUT2D eigenvalue weighted by atomic mass is 9.91. The van der Waals surface area contributed by atoms with Gasteiger partial charge in [0.15, 0.2) is 46.5 Å². The number of rotatable bonds is 13. The van der Waals surface area contributed by atoms with Crippen molar-refractivity contribution in [2.24, 2.45) is 5.92 Å². The van der Waals surface area contributed by atoms with Crippen molar-refractivity contribution in [2.45, 2.75) is 65.2 Å². The molecule has 0 radical (unpaired) electrons. The number of fused-ring (bicyclic) bond motifs is 2. The molecule has 0 aromatic heterocycles. The van der Waals surface area contributed by atoms with Crippen molar-refractivity contribution in [3.05, 3.63) is 188 Å². The predicted octanol–water partition coefficient (Wildman–Crippen LogP) is 14.5. The van der Waals surface area contributed by atoms with Crippen molar-refractivity contribution in [3.63, 3.8) is 0 Å². The van der Waals surface area contributed by atoms with Gasteiger partial charge in [-0.3, -0.25) is 0 Å². The molecule has 5 aromatic rings. The lowest BCUT2D eigenvalue weighted by molar-refractivity contribution is 0.430. The molecule has 1 heterocycles. The maximum absolute atomic E-state index is 15.5. The summed E-state index contributed by atoms with van der Waals surface area (Å²) in [6, 6.07) is 21.3. The highest BCUT2D eigenvalue weighted by molar-refractivity contribution is 5.78. The van der Waals surface area contributed by atoms with Crippen LogP contribution in [-0.2, 0) is 19.3 Å². The van der Waals surface area contributed by atoms with Crippen LogP contribution in [0.5, 0.6) is 0 Å². The molecule has 9 heteroatoms. The summed E-state index contributed by atoms with van der Waals surface area (Å²) in [5.41, 5.74) is 1.40. The monoisotopic (exact) mass is 809 g/mol. The molecule has 0 saturated heterocycles. The maximum Gasteiger partial charge on any atom is 0.170 e. The van der Waals surface area contributed by atoms with Crippen molar-refractivity contribution >= 4 is 23.5 Å². The largest absolute Gasteiger partial charge is 0.341 e. The molecule has 1 unspecified atom stereocenters. The van der Waals surface area contributed by atoms with Crippen LogP contribution in [0.4, 0.5) is 46.5 Å². The molecule has 5 aromatic carbocycles. The van der Waals surface area contributed by atoms with Crippen LogP contribution in [0, 0.1) is 52.5 Å². The van der Waals surface area contributed by atoms with Gasteiger partial charge in [0, 0.05) is 48.3 Å². The Balaban J connectivity index is 1.10. The fourth-order valence-corrected chi connectivity index (χ4v) is 7.94. The summed E-state index contributed by atoms with van der Waals surface area (Å²) in [4.78, 5) is 2.45. The van der Waals surface area contributed by atoms with Gasteiger partial charge in [0.1, 0.15) is 0 Å². The summed E-state index contributed by atoms with van der Waals surface area (Å²) in [6.45, 7) is 5.41. The Labute approximate surface area is 339 Å². The van der Waals surface area contributed by atoms with Crippen LogP contribution in [-0.4, -0.2) is 6.54 Å². The topological polar surface area (TPSA) is 3.24 Å². The van der Waals surface area contributed by atoms with Crippen molar-refractivity contribution in [1.82, 2.24) is 0 Å². The Kier molecular flexibility index (Phi) is 12.7. The van der Waals surface area contributed by atoms with E-state index in [2.05, 4.69) is 61.2 Å². The third kappa shape index (κ3) is 8.56. The number of para-hydroxylation sites is 1. The quantitative estimate of drug-likeness (QED) is 0.0651. The van der Waals surface area contributed by atoms with Crippen molar-refractivity contribution in [3.8, 4) is 11.1 Å². The van der Waals surface area contributed by atoms with E-state index in [4.69, 9.17) is 0 Å². The van der Waals surface area contributed by atoms with E-state index >= 15 is 35.1 Å². The summed E-state index contributed by atoms with van der Waals surface area (Å²) >= 11 is 0. The Morgan fingerprint density at radius 1 is 0.627 bits per heavy atom. The summed E-state index contributed by atoms with van der Waals surface area (Å²) in [6.07, 6.45) is 16.6. The van der Waals surface area contributed by atoms with E-state index in [1.807, 2.05) is 12.2 Å². The molecule has 2 aliphatic rings. The number of allylic oxidation sites excluding steroid dienone is 6. The normalized spacial score (nSPS) is 14.1. The van der Waals surface area contributed by atoms with Crippen LogP contribution in [0.25, 0.3) is 23.3 Å². The van der Waals surface area contributed by atoms with Crippen LogP contribution >= 0.6 is 0 Å². The zero-order chi connectivity index (χ0) is 41.8. The molecule has 0 bridgehead atoms. The van der Waals surface area contributed by atoms with Gasteiger partial charge < -0.3 is 4.90 Å². The lowest BCUT2D eigenvalue weighted by Gasteiger charge is -2.36. The summed E-state index contributed by atoms with van der Waals surface area (Å²) in [5.74, 6) is -15.9. The molecule has 1 nitrogen and oxygen atoms in total. The standard InChI is InChI=1S/C50H43F8N/c1-3-5-12-30(4-2)29-59-39-16-11-10-15-35(39)28-36-25-33(23-24-40(36)59)20-17-31-18-21-34(22-19-31)27-38-45(53)49(57)42(50(58)46(38)54)41-47(55)43(51)37(44(52)48(41)56)26-32-13-8-6-7-9-14-32/h6,8-11,13-25,30H,3-5,7,12,26-29H2,1-2H3/b20-17+. The third-order valence-electron chi connectivity index (χ3n) is 11.3. The Hall–Kier alpha value is -5.70. The molecule has 304 valence electrons. The number of hydrogen-bond acceptors (Lipinski definition) is 1. The van der Waals surface area contributed by atoms with Gasteiger partial charge in [-0.2, -0.15) is 0 Å². The Bertz CT molecular complexity index is 2440. The Morgan fingerprint density at radius 3 is 1.86 bits per heavy atom. The van der Waals surface area contributed by atoms with Gasteiger partial charge in [-0.05, 0) is 70.3 Å². The molecule has 0 spiro atoms. The van der Waals surface area contributed by atoms with E-state index in [9.17, 15) is 0 Å². The van der Waals surface area contributed by atoms with E-state index in [1.54, 1.807) is 30.4 Å². The first-order valence-electron chi connectivity index (χ1n) is 20.0. The van der Waals surface area contributed by atoms with Crippen LogP contribution in [0.2, 0.25) is 0 Å². The van der Waals surface area contributed by atoms with Crippen LogP contribution in [0.3, 0.4) is 0 Å². The van der Waals surface area contributed by atoms with E-state index in [-0.39, 0.29) is 5.56 Å². The Morgan fingerprint density at radius 2 is 1.22 bits per heavy atom. The number of hydrogen-bond donors (Lipinski definition) is 0. The zero-order valence-electron chi connectivity index (χ0n) is 32.8. The van der Waals surface area contributed by atoms with Gasteiger partial charge in [0.25, 0.3) is 0 Å². The van der Waals surface area contributed by atoms with Crippen LogP contribution in [0.1, 0.15) is 84.9 Å². The second kappa shape index (κ2) is 18.1. The minimum atomic E-state index is -2.18. The fraction of sp³-hybridized carbons (Fsp3) is 0.240. The first kappa shape index (κ1) is 41.5. The molecule has 0 saturated carbocycles. The van der Waals surface area contributed by atoms with Crippen molar-refractivity contribution in [1.29, 1.82) is 0 Å². The van der Waals surface area contributed by atoms with Crippen LogP contribution in [0.15, 0.2) is 103 Å². The van der Waals surface area contributed by atoms with Gasteiger partial charge in [-0.25, -0.2) is 35.1 Å². The minimum Gasteiger partial charge on any atom is -0.341 e. The van der Waals surface area contributed by atoms with E-state index in [1.165, 1.54) is 66.0 Å². The zero-order valence-corrected chi connectivity index (χ0v) is 32.8. The summed E-state index contributed by atoms with van der Waals surface area (Å²) in [7, 11) is 0. The second-order valence-electron chi connectivity index (χ2n) is 15.2. The highest BCUT2D eigenvalue weighted by atomic mass is 19.2. The van der Waals surface area contributed by atoms with Gasteiger partial charge in [-0.15, -0.1) is 0 Å². The van der Waals surface area contributed by atoms with Gasteiger partial charge in [-0.1, -0.05) is 124 Å². The van der Waals surface area contributed by atoms with Gasteiger partial charge in [0.05, 0.1) is 11.1 Å². The predicted molar refractivity (Wildman–Crippen MR) is 220 cm³/mol. The fourth-order valence-electron chi connectivity index (χ4n) is 7.94. The number of halogens is 8. The molecular weight excluding hydrogens is 767 g/mol. The molecule has 0 fully saturated rings. The van der Waals surface area contributed by atoms with E-state index < -0.39 is 81.6 Å². The molecule has 0 N–H and O–H groups in total. The number of unbranched alkanes of at least 4 members (excludes halogenated alkanes) is 1. The molecule has 1 aliphatic carbocycles. The van der Waals surface area contributed by atoms with Gasteiger partial charge in [0.2, 0.25) is 0 Å². The minimum absolute atomic E-state index is 0.277. The first-order chi connectivity index (χ1) is 28.5. The number of nitrogens with zero attached hydrogens (tertiary/aromatic N) is 1. The molecule has 7 rings (SSSR count). The second-order valence-corrected chi connectivity index (χ2v) is 15.2. The highest BCUT2D eigenvalue weighted by Crippen LogP contribution is 2.41.